The number of aliphatic hydroxyl groups is 2. The summed E-state index contributed by atoms with van der Waals surface area (Å²) in [5, 5.41) is 25.2. The molecule has 6 atom stereocenters. The van der Waals surface area contributed by atoms with Gasteiger partial charge in [0.15, 0.2) is 0 Å². The smallest absolute Gasteiger partial charge is 0.336 e. The molecule has 1 aliphatic heterocycles. The van der Waals surface area contributed by atoms with E-state index in [2.05, 4.69) is 18.8 Å². The topological polar surface area (TPSA) is 78.8 Å². The lowest BCUT2D eigenvalue weighted by atomic mass is 9.46. The van der Waals surface area contributed by atoms with E-state index >= 15 is 0 Å². The molecule has 6 heteroatoms. The van der Waals surface area contributed by atoms with Crippen molar-refractivity contribution in [3.8, 4) is 0 Å². The van der Waals surface area contributed by atoms with Crippen molar-refractivity contribution < 1.29 is 19.7 Å². The van der Waals surface area contributed by atoms with Crippen LogP contribution in [0.3, 0.4) is 0 Å². The van der Waals surface area contributed by atoms with Gasteiger partial charge in [-0.25, -0.2) is 4.79 Å². The summed E-state index contributed by atoms with van der Waals surface area (Å²) in [4.78, 5) is 12.5. The Morgan fingerprint density at radius 3 is 2.78 bits per heavy atom. The zero-order chi connectivity index (χ0) is 23.1. The van der Waals surface area contributed by atoms with Crippen LogP contribution in [0.4, 0.5) is 5.69 Å². The van der Waals surface area contributed by atoms with Crippen LogP contribution in [-0.4, -0.2) is 41.5 Å². The molecule has 2 aliphatic carbocycles. The Bertz CT molecular complexity index is 930. The molecule has 1 aromatic rings. The van der Waals surface area contributed by atoms with Crippen molar-refractivity contribution in [2.24, 2.45) is 22.7 Å². The Balaban J connectivity index is 1.67. The van der Waals surface area contributed by atoms with Crippen molar-refractivity contribution in [2.75, 3.05) is 18.5 Å². The number of fused-ring (bicyclic) bond motifs is 1. The molecular formula is C26H34ClNO4. The number of carbonyl (C=O) groups is 1. The van der Waals surface area contributed by atoms with E-state index in [0.29, 0.717) is 30.0 Å². The van der Waals surface area contributed by atoms with Gasteiger partial charge in [0.2, 0.25) is 0 Å². The van der Waals surface area contributed by atoms with Crippen molar-refractivity contribution >= 4 is 23.3 Å². The minimum Gasteiger partial charge on any atom is -0.458 e. The molecule has 4 rings (SSSR count). The third-order valence-electron chi connectivity index (χ3n) is 8.46. The molecule has 3 aliphatic rings. The average Bonchev–Trinajstić information content (AvgIpc) is 3.19. The third kappa shape index (κ3) is 4.00. The Morgan fingerprint density at radius 2 is 2.12 bits per heavy atom. The minimum absolute atomic E-state index is 0.0324. The fourth-order valence-corrected chi connectivity index (χ4v) is 6.76. The Morgan fingerprint density at radius 1 is 1.34 bits per heavy atom. The summed E-state index contributed by atoms with van der Waals surface area (Å²) in [6.07, 6.45) is 5.34. The lowest BCUT2D eigenvalue weighted by Gasteiger charge is -2.60. The van der Waals surface area contributed by atoms with Gasteiger partial charge in [0.25, 0.3) is 0 Å². The zero-order valence-corrected chi connectivity index (χ0v) is 19.7. The Hall–Kier alpha value is -1.82. The molecule has 1 heterocycles. The van der Waals surface area contributed by atoms with Crippen LogP contribution in [0.2, 0.25) is 5.02 Å². The molecule has 5 nitrogen and oxygen atoms in total. The van der Waals surface area contributed by atoms with E-state index in [9.17, 15) is 15.0 Å². The van der Waals surface area contributed by atoms with Gasteiger partial charge < -0.3 is 20.3 Å². The monoisotopic (exact) mass is 459 g/mol. The third-order valence-corrected chi connectivity index (χ3v) is 8.69. The fourth-order valence-electron chi connectivity index (χ4n) is 6.57. The molecule has 2 saturated carbocycles. The number of hydrogen-bond donors (Lipinski definition) is 3. The highest BCUT2D eigenvalue weighted by Gasteiger charge is 2.58. The fraction of sp³-hybridized carbons (Fsp3) is 0.577. The summed E-state index contributed by atoms with van der Waals surface area (Å²) in [6.45, 7) is 9.00. The lowest BCUT2D eigenvalue weighted by Crippen LogP contribution is -2.58. The van der Waals surface area contributed by atoms with Gasteiger partial charge in [0.1, 0.15) is 6.61 Å². The van der Waals surface area contributed by atoms with Gasteiger partial charge in [-0.1, -0.05) is 43.7 Å². The molecular weight excluding hydrogens is 426 g/mol. The summed E-state index contributed by atoms with van der Waals surface area (Å²) < 4.78 is 5.23. The lowest BCUT2D eigenvalue weighted by molar-refractivity contribution is -0.152. The molecule has 32 heavy (non-hydrogen) atoms. The highest BCUT2D eigenvalue weighted by atomic mass is 35.5. The number of anilines is 1. The van der Waals surface area contributed by atoms with Crippen molar-refractivity contribution in [3.63, 3.8) is 0 Å². The van der Waals surface area contributed by atoms with E-state index in [4.69, 9.17) is 16.3 Å². The van der Waals surface area contributed by atoms with E-state index in [-0.39, 0.29) is 35.9 Å². The number of ether oxygens (including phenoxy) is 1. The number of esters is 1. The van der Waals surface area contributed by atoms with Crippen LogP contribution >= 0.6 is 11.6 Å². The predicted octanol–water partition coefficient (Wildman–Crippen LogP) is 4.74. The summed E-state index contributed by atoms with van der Waals surface area (Å²) in [7, 11) is 0. The number of cyclic esters (lactones) is 1. The van der Waals surface area contributed by atoms with Crippen LogP contribution in [0, 0.1) is 22.7 Å². The molecule has 0 bridgehead atoms. The van der Waals surface area contributed by atoms with E-state index in [1.165, 1.54) is 5.57 Å². The molecule has 3 N–H and O–H groups in total. The highest BCUT2D eigenvalue weighted by molar-refractivity contribution is 6.30. The van der Waals surface area contributed by atoms with Gasteiger partial charge >= 0.3 is 5.97 Å². The molecule has 0 aromatic heterocycles. The molecule has 0 spiro atoms. The second kappa shape index (κ2) is 8.85. The molecule has 6 unspecified atom stereocenters. The van der Waals surface area contributed by atoms with Crippen molar-refractivity contribution in [3.05, 3.63) is 53.1 Å². The molecule has 0 radical (unpaired) electrons. The Labute approximate surface area is 195 Å². The van der Waals surface area contributed by atoms with Crippen LogP contribution in [0.1, 0.15) is 46.0 Å². The van der Waals surface area contributed by atoms with Gasteiger partial charge in [-0.2, -0.15) is 0 Å². The van der Waals surface area contributed by atoms with E-state index < -0.39 is 11.5 Å². The number of aliphatic hydroxyl groups excluding tert-OH is 2. The van der Waals surface area contributed by atoms with Gasteiger partial charge in [-0.3, -0.25) is 0 Å². The van der Waals surface area contributed by atoms with Crippen LogP contribution in [0.15, 0.2) is 48.1 Å². The Kier molecular flexibility index (Phi) is 6.45. The van der Waals surface area contributed by atoms with Gasteiger partial charge in [0.05, 0.1) is 24.3 Å². The minimum atomic E-state index is -0.534. The highest BCUT2D eigenvalue weighted by Crippen LogP contribution is 2.62. The molecule has 1 aromatic carbocycles. The number of allylic oxidation sites excluding steroid dienone is 1. The second-order valence-electron chi connectivity index (χ2n) is 10.2. The van der Waals surface area contributed by atoms with E-state index in [1.807, 2.05) is 37.3 Å². The van der Waals surface area contributed by atoms with Crippen LogP contribution in [-0.2, 0) is 9.53 Å². The first kappa shape index (κ1) is 23.3. The largest absolute Gasteiger partial charge is 0.458 e. The summed E-state index contributed by atoms with van der Waals surface area (Å²) in [5.74, 6) is 0.0353. The number of hydrogen-bond acceptors (Lipinski definition) is 5. The second-order valence-corrected chi connectivity index (χ2v) is 10.7. The maximum atomic E-state index is 12.5. The molecule has 174 valence electrons. The molecule has 0 saturated heterocycles. The summed E-state index contributed by atoms with van der Waals surface area (Å²) in [5.41, 5.74) is 2.02. The predicted molar refractivity (Wildman–Crippen MR) is 126 cm³/mol. The maximum absolute atomic E-state index is 12.5. The van der Waals surface area contributed by atoms with Crippen LogP contribution < -0.4 is 5.32 Å². The van der Waals surface area contributed by atoms with Crippen LogP contribution in [0.5, 0.6) is 0 Å². The first-order chi connectivity index (χ1) is 15.2. The van der Waals surface area contributed by atoms with Crippen molar-refractivity contribution in [2.45, 2.75) is 58.1 Å². The number of rotatable bonds is 6. The van der Waals surface area contributed by atoms with Gasteiger partial charge in [-0.05, 0) is 73.6 Å². The van der Waals surface area contributed by atoms with Gasteiger partial charge in [0, 0.05) is 16.1 Å². The number of benzene rings is 1. The van der Waals surface area contributed by atoms with Gasteiger partial charge in [-0.15, -0.1) is 0 Å². The molecule has 2 fully saturated rings. The van der Waals surface area contributed by atoms with Crippen LogP contribution in [0.25, 0.3) is 0 Å². The standard InChI is InChI=1S/C26H34ClNO4/c1-16-7-8-22-25(2,11-9-23(30)26(22,3)15-29)20(16)14-21(19-10-12-32-24(19)31)28-18-6-4-5-17(27)13-18/h4-6,10,13,20-23,28-30H,1,7-9,11-12,14-15H2,2-3H3. The number of nitrogens with one attached hydrogen (secondary N) is 1. The molecule has 0 amide bonds. The normalized spacial score (nSPS) is 35.7. The van der Waals surface area contributed by atoms with E-state index in [1.54, 1.807) is 0 Å². The summed E-state index contributed by atoms with van der Waals surface area (Å²) in [6, 6.07) is 7.26. The van der Waals surface area contributed by atoms with Crippen molar-refractivity contribution in [1.29, 1.82) is 0 Å². The summed E-state index contributed by atoms with van der Waals surface area (Å²) >= 11 is 6.20. The zero-order valence-electron chi connectivity index (χ0n) is 18.9. The maximum Gasteiger partial charge on any atom is 0.336 e. The quantitative estimate of drug-likeness (QED) is 0.423. The SMILES string of the molecule is C=C1CCC2C(C)(CO)C(O)CCC2(C)C1CC(Nc1cccc(Cl)c1)C1=CCOC1=O. The first-order valence-electron chi connectivity index (χ1n) is 11.5. The average molecular weight is 460 g/mol. The number of halogens is 1. The first-order valence-corrected chi connectivity index (χ1v) is 11.9. The number of carbonyl (C=O) groups excluding carboxylic acids is 1. The van der Waals surface area contributed by atoms with E-state index in [0.717, 1.165) is 24.9 Å². The van der Waals surface area contributed by atoms with Crippen molar-refractivity contribution in [1.82, 2.24) is 0 Å².